The molecule has 0 aliphatic carbocycles. The molecule has 8 nitrogen and oxygen atoms in total. The zero-order valence-electron chi connectivity index (χ0n) is 14.6. The van der Waals surface area contributed by atoms with Crippen molar-refractivity contribution in [1.82, 2.24) is 10.2 Å². The van der Waals surface area contributed by atoms with Gasteiger partial charge in [-0.3, -0.25) is 34.2 Å². The van der Waals surface area contributed by atoms with Gasteiger partial charge in [0.15, 0.2) is 0 Å². The van der Waals surface area contributed by atoms with Crippen LogP contribution in [0.25, 0.3) is 0 Å². The number of fused-ring (bicyclic) bond motifs is 1. The molecule has 0 aromatic heterocycles. The van der Waals surface area contributed by atoms with Gasteiger partial charge in [-0.05, 0) is 30.7 Å². The van der Waals surface area contributed by atoms with Crippen LogP contribution < -0.4 is 10.6 Å². The van der Waals surface area contributed by atoms with Crippen LogP contribution in [0.15, 0.2) is 48.5 Å². The molecule has 28 heavy (non-hydrogen) atoms. The van der Waals surface area contributed by atoms with Crippen molar-refractivity contribution in [2.75, 3.05) is 5.32 Å². The number of anilines is 1. The number of hydrogen-bond donors (Lipinski definition) is 2. The number of carbonyl (C=O) groups is 5. The van der Waals surface area contributed by atoms with Crippen LogP contribution in [0.1, 0.15) is 43.9 Å². The summed E-state index contributed by atoms with van der Waals surface area (Å²) in [5.41, 5.74) is 0.750. The van der Waals surface area contributed by atoms with Crippen molar-refractivity contribution < 1.29 is 24.0 Å². The Morgan fingerprint density at radius 3 is 2.43 bits per heavy atom. The lowest BCUT2D eigenvalue weighted by Crippen LogP contribution is -2.54. The highest BCUT2D eigenvalue weighted by molar-refractivity contribution is 6.26. The number of piperidine rings is 1. The highest BCUT2D eigenvalue weighted by atomic mass is 16.2. The minimum absolute atomic E-state index is 0.0430. The summed E-state index contributed by atoms with van der Waals surface area (Å²) < 4.78 is 0. The molecule has 4 rings (SSSR count). The van der Waals surface area contributed by atoms with Crippen LogP contribution in [0, 0.1) is 0 Å². The molecule has 0 spiro atoms. The summed E-state index contributed by atoms with van der Waals surface area (Å²) in [7, 11) is 0. The van der Waals surface area contributed by atoms with Gasteiger partial charge >= 0.3 is 0 Å². The summed E-state index contributed by atoms with van der Waals surface area (Å²) in [6.07, 6.45) is 0.114. The van der Waals surface area contributed by atoms with Gasteiger partial charge < -0.3 is 5.32 Å². The van der Waals surface area contributed by atoms with Crippen molar-refractivity contribution in [3.05, 3.63) is 65.2 Å². The zero-order chi connectivity index (χ0) is 19.8. The SMILES string of the molecule is O=C1CCC(N2C(=O)c3cccc(NC(=O)c4ccccc4)c3C2=O)C(=O)N1. The summed E-state index contributed by atoms with van der Waals surface area (Å²) in [5, 5.41) is 4.81. The number of hydrogen-bond acceptors (Lipinski definition) is 5. The normalized spacial score (nSPS) is 18.7. The lowest BCUT2D eigenvalue weighted by atomic mass is 10.0. The van der Waals surface area contributed by atoms with Crippen LogP contribution in [-0.4, -0.2) is 40.5 Å². The summed E-state index contributed by atoms with van der Waals surface area (Å²) >= 11 is 0. The van der Waals surface area contributed by atoms with E-state index < -0.39 is 35.6 Å². The predicted molar refractivity (Wildman–Crippen MR) is 97.5 cm³/mol. The first kappa shape index (κ1) is 17.6. The van der Waals surface area contributed by atoms with Crippen LogP contribution in [-0.2, 0) is 9.59 Å². The first-order valence-corrected chi connectivity index (χ1v) is 8.68. The Hall–Kier alpha value is -3.81. The Morgan fingerprint density at radius 2 is 1.71 bits per heavy atom. The summed E-state index contributed by atoms with van der Waals surface area (Å²) in [4.78, 5) is 62.5. The average Bonchev–Trinajstić information content (AvgIpc) is 2.94. The number of nitrogens with one attached hydrogen (secondary N) is 2. The molecule has 8 heteroatoms. The lowest BCUT2D eigenvalue weighted by Gasteiger charge is -2.27. The maximum atomic E-state index is 13.0. The number of carbonyl (C=O) groups excluding carboxylic acids is 5. The Bertz CT molecular complexity index is 1030. The van der Waals surface area contributed by atoms with Crippen LogP contribution in [0.2, 0.25) is 0 Å². The molecule has 140 valence electrons. The van der Waals surface area contributed by atoms with E-state index in [-0.39, 0.29) is 29.7 Å². The van der Waals surface area contributed by atoms with E-state index in [1.54, 1.807) is 36.4 Å². The Kier molecular flexibility index (Phi) is 4.23. The molecular weight excluding hydrogens is 362 g/mol. The Morgan fingerprint density at radius 1 is 0.964 bits per heavy atom. The van der Waals surface area contributed by atoms with Gasteiger partial charge in [0.1, 0.15) is 6.04 Å². The van der Waals surface area contributed by atoms with E-state index in [9.17, 15) is 24.0 Å². The second kappa shape index (κ2) is 6.73. The monoisotopic (exact) mass is 377 g/mol. The summed E-state index contributed by atoms with van der Waals surface area (Å²) in [5.74, 6) is -2.83. The maximum Gasteiger partial charge on any atom is 0.264 e. The van der Waals surface area contributed by atoms with Crippen LogP contribution in [0.3, 0.4) is 0 Å². The van der Waals surface area contributed by atoms with Crippen molar-refractivity contribution in [3.8, 4) is 0 Å². The third kappa shape index (κ3) is 2.84. The highest BCUT2D eigenvalue weighted by Crippen LogP contribution is 2.32. The Balaban J connectivity index is 1.66. The molecule has 0 saturated carbocycles. The standard InChI is InChI=1S/C20H15N3O5/c24-15-10-9-14(18(26)22-15)23-19(27)12-7-4-8-13(16(12)20(23)28)21-17(25)11-5-2-1-3-6-11/h1-8,14H,9-10H2,(H,21,25)(H,22,24,26). The molecule has 1 unspecified atom stereocenters. The molecule has 5 amide bonds. The van der Waals surface area contributed by atoms with Gasteiger partial charge in [-0.2, -0.15) is 0 Å². The number of imide groups is 2. The quantitative estimate of drug-likeness (QED) is 0.784. The molecule has 1 saturated heterocycles. The first-order valence-electron chi connectivity index (χ1n) is 8.68. The molecule has 2 aromatic rings. The highest BCUT2D eigenvalue weighted by Gasteiger charge is 2.45. The largest absolute Gasteiger partial charge is 0.321 e. The van der Waals surface area contributed by atoms with Crippen molar-refractivity contribution in [2.45, 2.75) is 18.9 Å². The minimum atomic E-state index is -1.05. The smallest absolute Gasteiger partial charge is 0.264 e. The maximum absolute atomic E-state index is 13.0. The van der Waals surface area contributed by atoms with Gasteiger partial charge in [0, 0.05) is 12.0 Å². The van der Waals surface area contributed by atoms with Gasteiger partial charge in [-0.15, -0.1) is 0 Å². The van der Waals surface area contributed by atoms with Gasteiger partial charge in [-0.25, -0.2) is 0 Å². The summed E-state index contributed by atoms with van der Waals surface area (Å²) in [6.45, 7) is 0. The molecule has 2 aliphatic heterocycles. The van der Waals surface area contributed by atoms with Crippen molar-refractivity contribution >= 4 is 35.2 Å². The van der Waals surface area contributed by atoms with Crippen molar-refractivity contribution in [2.24, 2.45) is 0 Å². The number of amides is 5. The lowest BCUT2D eigenvalue weighted by molar-refractivity contribution is -0.136. The number of benzene rings is 2. The van der Waals surface area contributed by atoms with E-state index >= 15 is 0 Å². The molecule has 2 aliphatic rings. The van der Waals surface area contributed by atoms with Gasteiger partial charge in [-0.1, -0.05) is 24.3 Å². The van der Waals surface area contributed by atoms with Crippen LogP contribution in [0.5, 0.6) is 0 Å². The van der Waals surface area contributed by atoms with E-state index in [4.69, 9.17) is 0 Å². The fourth-order valence-corrected chi connectivity index (χ4v) is 3.40. The molecule has 0 bridgehead atoms. The van der Waals surface area contributed by atoms with E-state index in [1.165, 1.54) is 12.1 Å². The van der Waals surface area contributed by atoms with E-state index in [2.05, 4.69) is 10.6 Å². The topological polar surface area (TPSA) is 113 Å². The van der Waals surface area contributed by atoms with Crippen molar-refractivity contribution in [3.63, 3.8) is 0 Å². The zero-order valence-corrected chi connectivity index (χ0v) is 14.6. The molecular formula is C20H15N3O5. The van der Waals surface area contributed by atoms with E-state index in [0.717, 1.165) is 4.90 Å². The van der Waals surface area contributed by atoms with Gasteiger partial charge in [0.05, 0.1) is 16.8 Å². The fraction of sp³-hybridized carbons (Fsp3) is 0.150. The van der Waals surface area contributed by atoms with Crippen LogP contribution >= 0.6 is 0 Å². The molecule has 2 N–H and O–H groups in total. The first-order chi connectivity index (χ1) is 13.5. The molecule has 1 atom stereocenters. The molecule has 2 heterocycles. The predicted octanol–water partition coefficient (Wildman–Crippen LogP) is 1.34. The molecule has 1 fully saturated rings. The number of rotatable bonds is 3. The van der Waals surface area contributed by atoms with E-state index in [0.29, 0.717) is 5.56 Å². The fourth-order valence-electron chi connectivity index (χ4n) is 3.40. The Labute approximate surface area is 159 Å². The number of nitrogens with zero attached hydrogens (tertiary/aromatic N) is 1. The molecule has 0 radical (unpaired) electrons. The third-order valence-corrected chi connectivity index (χ3v) is 4.75. The van der Waals surface area contributed by atoms with E-state index in [1.807, 2.05) is 0 Å². The van der Waals surface area contributed by atoms with Gasteiger partial charge in [0.2, 0.25) is 11.8 Å². The second-order valence-electron chi connectivity index (χ2n) is 6.50. The van der Waals surface area contributed by atoms with Crippen molar-refractivity contribution in [1.29, 1.82) is 0 Å². The van der Waals surface area contributed by atoms with Gasteiger partial charge in [0.25, 0.3) is 17.7 Å². The summed E-state index contributed by atoms with van der Waals surface area (Å²) in [6, 6.07) is 12.0. The average molecular weight is 377 g/mol. The third-order valence-electron chi connectivity index (χ3n) is 4.75. The second-order valence-corrected chi connectivity index (χ2v) is 6.50. The van der Waals surface area contributed by atoms with Crippen LogP contribution in [0.4, 0.5) is 5.69 Å². The minimum Gasteiger partial charge on any atom is -0.321 e. The molecule has 2 aromatic carbocycles.